The summed E-state index contributed by atoms with van der Waals surface area (Å²) in [4.78, 5) is 129. The quantitative estimate of drug-likeness (QED) is 0.0871. The lowest BCUT2D eigenvalue weighted by molar-refractivity contribution is -0.203. The van der Waals surface area contributed by atoms with Crippen molar-refractivity contribution in [1.82, 2.24) is 52.8 Å². The monoisotopic (exact) mass is 946 g/mol. The first kappa shape index (κ1) is 50.5. The van der Waals surface area contributed by atoms with E-state index < -0.39 is 146 Å². The summed E-state index contributed by atoms with van der Waals surface area (Å²) in [6.45, 7) is 3.24. The highest BCUT2D eigenvalue weighted by Crippen LogP contribution is 2.22. The lowest BCUT2D eigenvalue weighted by Gasteiger charge is -2.42. The van der Waals surface area contributed by atoms with E-state index in [2.05, 4.69) is 52.8 Å². The van der Waals surface area contributed by atoms with Gasteiger partial charge in [-0.1, -0.05) is 62.4 Å². The summed E-state index contributed by atoms with van der Waals surface area (Å²) in [5, 5.41) is 54.6. The lowest BCUT2D eigenvalue weighted by Crippen LogP contribution is -2.68. The van der Waals surface area contributed by atoms with Crippen molar-refractivity contribution in [2.24, 2.45) is 5.92 Å². The number of hydrogen-bond donors (Lipinski definition) is 13. The summed E-state index contributed by atoms with van der Waals surface area (Å²) >= 11 is 0. The van der Waals surface area contributed by atoms with Crippen LogP contribution in [0.1, 0.15) is 51.2 Å². The summed E-state index contributed by atoms with van der Waals surface area (Å²) in [5.41, 5.74) is 1.94. The molecule has 4 heterocycles. The van der Waals surface area contributed by atoms with Gasteiger partial charge < -0.3 is 72.9 Å². The molecular weight excluding hydrogens is 889 g/mol. The molecule has 3 aliphatic rings. The Morgan fingerprint density at radius 2 is 1.29 bits per heavy atom. The fourth-order valence-electron chi connectivity index (χ4n) is 8.27. The van der Waals surface area contributed by atoms with Crippen LogP contribution >= 0.6 is 0 Å². The van der Waals surface area contributed by atoms with Gasteiger partial charge in [0.25, 0.3) is 0 Å². The molecule has 366 valence electrons. The van der Waals surface area contributed by atoms with E-state index in [0.717, 1.165) is 12.4 Å². The number of hydrogen-bond acceptors (Lipinski definition) is 13. The van der Waals surface area contributed by atoms with E-state index in [1.807, 2.05) is 0 Å². The molecule has 3 fully saturated rings. The number of benzene rings is 2. The van der Waals surface area contributed by atoms with E-state index in [-0.39, 0.29) is 25.2 Å². The molecule has 1 aromatic heterocycles. The Morgan fingerprint density at radius 1 is 0.706 bits per heavy atom. The van der Waals surface area contributed by atoms with E-state index in [0.29, 0.717) is 16.5 Å². The van der Waals surface area contributed by atoms with Crippen molar-refractivity contribution >= 4 is 64.1 Å². The first-order chi connectivity index (χ1) is 32.4. The molecule has 23 heteroatoms. The molecule has 13 N–H and O–H groups in total. The average Bonchev–Trinajstić information content (AvgIpc) is 3.70. The van der Waals surface area contributed by atoms with Gasteiger partial charge in [-0.3, -0.25) is 43.2 Å². The van der Waals surface area contributed by atoms with Crippen LogP contribution in [-0.2, 0) is 60.7 Å². The average molecular weight is 947 g/mol. The Labute approximate surface area is 390 Å². The number of para-hydroxylation sites is 1. The topological polar surface area (TPSA) is 348 Å². The minimum Gasteiger partial charge on any atom is -0.394 e. The highest BCUT2D eigenvalue weighted by Gasteiger charge is 2.46. The van der Waals surface area contributed by atoms with Gasteiger partial charge in [-0.15, -0.1) is 0 Å². The van der Waals surface area contributed by atoms with E-state index in [1.54, 1.807) is 74.6 Å². The molecule has 6 rings (SSSR count). The number of nitrogens with one attached hydrogen (secondary N) is 10. The predicted molar refractivity (Wildman–Crippen MR) is 239 cm³/mol. The van der Waals surface area contributed by atoms with E-state index in [1.165, 1.54) is 0 Å². The van der Waals surface area contributed by atoms with Crippen LogP contribution in [0.2, 0.25) is 0 Å². The summed E-state index contributed by atoms with van der Waals surface area (Å²) in [7, 11) is 0. The first-order valence-electron chi connectivity index (χ1n) is 22.3. The molecule has 0 spiro atoms. The van der Waals surface area contributed by atoms with Gasteiger partial charge >= 0.3 is 0 Å². The van der Waals surface area contributed by atoms with Crippen LogP contribution in [0.15, 0.2) is 60.8 Å². The second-order valence-corrected chi connectivity index (χ2v) is 17.5. The second-order valence-electron chi connectivity index (χ2n) is 17.5. The van der Waals surface area contributed by atoms with Gasteiger partial charge in [0, 0.05) is 43.4 Å². The molecule has 0 radical (unpaired) electrons. The maximum absolute atomic E-state index is 14.5. The number of carbonyl (C=O) groups is 9. The van der Waals surface area contributed by atoms with Gasteiger partial charge in [0.1, 0.15) is 60.6 Å². The highest BCUT2D eigenvalue weighted by molar-refractivity contribution is 6.01. The zero-order chi connectivity index (χ0) is 49.2. The number of carbonyl (C=O) groups excluding carboxylic acids is 9. The summed E-state index contributed by atoms with van der Waals surface area (Å²) < 4.78 is 5.60. The summed E-state index contributed by atoms with van der Waals surface area (Å²) in [5.74, 6) is -8.61. The fraction of sp³-hybridized carbons (Fsp3) is 0.489. The number of aliphatic hydroxyl groups excluding tert-OH is 3. The predicted octanol–water partition coefficient (Wildman–Crippen LogP) is -4.11. The van der Waals surface area contributed by atoms with Crippen molar-refractivity contribution in [3.8, 4) is 0 Å². The zero-order valence-corrected chi connectivity index (χ0v) is 37.6. The highest BCUT2D eigenvalue weighted by atomic mass is 16.5. The minimum atomic E-state index is -1.86. The van der Waals surface area contributed by atoms with Crippen LogP contribution in [0.3, 0.4) is 0 Å². The van der Waals surface area contributed by atoms with Gasteiger partial charge in [0.05, 0.1) is 19.4 Å². The van der Waals surface area contributed by atoms with Crippen LogP contribution in [-0.4, -0.2) is 153 Å². The van der Waals surface area contributed by atoms with Crippen molar-refractivity contribution in [3.05, 3.63) is 71.9 Å². The minimum absolute atomic E-state index is 0.0300. The number of aliphatic hydroxyl groups is 3. The third-order valence-corrected chi connectivity index (χ3v) is 11.8. The molecule has 23 nitrogen and oxygen atoms in total. The maximum Gasteiger partial charge on any atom is 0.245 e. The lowest BCUT2D eigenvalue weighted by atomic mass is 9.95. The molecule has 2 bridgehead atoms. The van der Waals surface area contributed by atoms with E-state index in [9.17, 15) is 58.5 Å². The van der Waals surface area contributed by atoms with Crippen LogP contribution in [0.5, 0.6) is 0 Å². The molecule has 3 aliphatic heterocycles. The number of aromatic nitrogens is 1. The Balaban J connectivity index is 1.38. The largest absolute Gasteiger partial charge is 0.394 e. The molecule has 0 aliphatic carbocycles. The Morgan fingerprint density at radius 3 is 2.00 bits per heavy atom. The number of rotatable bonds is 11. The first-order valence-corrected chi connectivity index (χ1v) is 22.3. The van der Waals surface area contributed by atoms with Gasteiger partial charge in [-0.05, 0) is 29.5 Å². The van der Waals surface area contributed by atoms with Crippen molar-refractivity contribution in [2.75, 3.05) is 13.2 Å². The summed E-state index contributed by atoms with van der Waals surface area (Å²) in [6.07, 6.45) is -6.75. The Bertz CT molecular complexity index is 2360. The Hall–Kier alpha value is -6.95. The molecule has 2 aromatic carbocycles. The smallest absolute Gasteiger partial charge is 0.245 e. The molecular formula is C45H58N10O13. The number of aromatic amines is 1. The molecule has 11 atom stereocenters. The molecule has 0 unspecified atom stereocenters. The summed E-state index contributed by atoms with van der Waals surface area (Å²) in [6, 6.07) is 5.03. The standard InChI is InChI=1S/C45H58N10O13/c1-21(2)13-27-39(62)53-31(17-35(59)55-45-36(48-22(3)57)38(61)37(60)33(20-56)68-45)43(66)52-30-16-34(58)47-19-32(44(67)49-27)54-40(63)28(14-23-9-5-4-6-10-23)50-41(64)29(51-42(30)65)15-24-18-46-26-12-8-7-11-25(24)26/h4-12,18,21,27-33,36-38,45-46,56,60-61H,13-17,19-20H2,1-3H3,(H,47,58)(H,48,57)(H,49,67)(H,50,64)(H,51,65)(H,52,66)(H,53,62)(H,54,63)(H,55,59)/t27-,28-,29-,30-,31-,32+,33+,36+,37+,38+,45+/m0/s1. The normalized spacial score (nSPS) is 28.8. The molecule has 9 amide bonds. The SMILES string of the molecule is CC(=O)N[C@@H]1[C@@H](O)[C@H](O)[C@@H](CO)O[C@H]1NC(=O)C[C@@H]1NC(=O)[C@H](CC(C)C)NC(=O)[C@H]2CNC(=O)C[C@H](NC1=O)C(=O)N[C@@H](Cc1c[nH]c3ccccc13)C(=O)N[C@@H](Cc1ccccc1)C(=O)N2. The Kier molecular flexibility index (Phi) is 16.8. The maximum atomic E-state index is 14.5. The van der Waals surface area contributed by atoms with E-state index >= 15 is 0 Å². The fourth-order valence-corrected chi connectivity index (χ4v) is 8.27. The van der Waals surface area contributed by atoms with Crippen LogP contribution < -0.4 is 47.9 Å². The number of amides is 9. The van der Waals surface area contributed by atoms with Crippen molar-refractivity contribution in [1.29, 1.82) is 0 Å². The van der Waals surface area contributed by atoms with Gasteiger partial charge in [0.2, 0.25) is 53.2 Å². The number of fused-ring (bicyclic) bond motifs is 6. The van der Waals surface area contributed by atoms with E-state index in [4.69, 9.17) is 4.74 Å². The number of H-pyrrole nitrogens is 1. The van der Waals surface area contributed by atoms with Crippen molar-refractivity contribution in [2.45, 2.75) is 120 Å². The third-order valence-electron chi connectivity index (χ3n) is 11.8. The zero-order valence-electron chi connectivity index (χ0n) is 37.6. The van der Waals surface area contributed by atoms with Crippen LogP contribution in [0.25, 0.3) is 10.9 Å². The third kappa shape index (κ3) is 12.9. The van der Waals surface area contributed by atoms with Gasteiger partial charge in [-0.2, -0.15) is 0 Å². The molecule has 3 aromatic rings. The molecule has 68 heavy (non-hydrogen) atoms. The van der Waals surface area contributed by atoms with Crippen molar-refractivity contribution in [3.63, 3.8) is 0 Å². The molecule has 0 saturated carbocycles. The van der Waals surface area contributed by atoms with Gasteiger partial charge in [0.15, 0.2) is 6.23 Å². The van der Waals surface area contributed by atoms with Crippen molar-refractivity contribution < 1.29 is 63.2 Å². The van der Waals surface area contributed by atoms with Crippen LogP contribution in [0.4, 0.5) is 0 Å². The van der Waals surface area contributed by atoms with Gasteiger partial charge in [-0.25, -0.2) is 0 Å². The number of ether oxygens (including phenoxy) is 1. The second kappa shape index (κ2) is 22.7. The van der Waals surface area contributed by atoms with Crippen LogP contribution in [0, 0.1) is 5.92 Å². The molecule has 3 saturated heterocycles.